The van der Waals surface area contributed by atoms with Gasteiger partial charge in [0.25, 0.3) is 17.7 Å². The smallest absolute Gasteiger partial charge is 0.266 e. The van der Waals surface area contributed by atoms with Gasteiger partial charge in [0.15, 0.2) is 5.13 Å². The Morgan fingerprint density at radius 1 is 0.917 bits per heavy atom. The van der Waals surface area contributed by atoms with Crippen molar-refractivity contribution in [3.8, 4) is 17.0 Å². The number of benzene rings is 3. The molecule has 0 aliphatic carbocycles. The molecule has 5 rings (SSSR count). The van der Waals surface area contributed by atoms with Crippen LogP contribution in [-0.2, 0) is 0 Å². The summed E-state index contributed by atoms with van der Waals surface area (Å²) in [5.41, 5.74) is 4.77. The number of thiazole rings is 1. The molecule has 1 aromatic heterocycles. The Kier molecular flexibility index (Phi) is 5.89. The molecule has 0 saturated carbocycles. The summed E-state index contributed by atoms with van der Waals surface area (Å²) in [4.78, 5) is 46.0. The number of methoxy groups -OCH3 is 1. The van der Waals surface area contributed by atoms with E-state index in [4.69, 9.17) is 4.74 Å². The Morgan fingerprint density at radius 3 is 2.36 bits per heavy atom. The first kappa shape index (κ1) is 23.4. The van der Waals surface area contributed by atoms with Crippen molar-refractivity contribution in [3.05, 3.63) is 93.4 Å². The van der Waals surface area contributed by atoms with Gasteiger partial charge in [-0.2, -0.15) is 0 Å². The second-order valence-corrected chi connectivity index (χ2v) is 9.81. The molecule has 1 aliphatic heterocycles. The number of nitrogens with zero attached hydrogens (tertiary/aromatic N) is 2. The number of hydrogen-bond donors (Lipinski definition) is 1. The molecule has 0 fully saturated rings. The fourth-order valence-electron chi connectivity index (χ4n) is 4.20. The van der Waals surface area contributed by atoms with Gasteiger partial charge < -0.3 is 4.74 Å². The zero-order valence-electron chi connectivity index (χ0n) is 20.2. The Bertz CT molecular complexity index is 1540. The van der Waals surface area contributed by atoms with Gasteiger partial charge in [0, 0.05) is 16.0 Å². The highest BCUT2D eigenvalue weighted by Gasteiger charge is 2.38. The number of imide groups is 1. The van der Waals surface area contributed by atoms with Crippen LogP contribution in [0.25, 0.3) is 11.3 Å². The van der Waals surface area contributed by atoms with Crippen molar-refractivity contribution >= 4 is 39.9 Å². The van der Waals surface area contributed by atoms with Crippen LogP contribution < -0.4 is 15.0 Å². The maximum atomic E-state index is 13.2. The number of carbonyl (C=O) groups is 3. The molecule has 36 heavy (non-hydrogen) atoms. The summed E-state index contributed by atoms with van der Waals surface area (Å²) in [6.45, 7) is 5.70. The van der Waals surface area contributed by atoms with Gasteiger partial charge in [-0.3, -0.25) is 19.7 Å². The number of amides is 3. The molecular formula is C28H23N3O4S. The first-order valence-corrected chi connectivity index (χ1v) is 12.1. The van der Waals surface area contributed by atoms with Gasteiger partial charge in [-0.1, -0.05) is 12.1 Å². The summed E-state index contributed by atoms with van der Waals surface area (Å²) in [6, 6.07) is 17.7. The number of aromatic nitrogens is 1. The highest BCUT2D eigenvalue weighted by molar-refractivity contribution is 7.16. The molecule has 0 bridgehead atoms. The lowest BCUT2D eigenvalue weighted by Gasteiger charge is -2.17. The molecule has 0 spiro atoms. The zero-order valence-corrected chi connectivity index (χ0v) is 21.0. The van der Waals surface area contributed by atoms with E-state index >= 15 is 0 Å². The number of rotatable bonds is 5. The third-order valence-electron chi connectivity index (χ3n) is 6.13. The van der Waals surface area contributed by atoms with Gasteiger partial charge in [0.05, 0.1) is 29.6 Å². The summed E-state index contributed by atoms with van der Waals surface area (Å²) >= 11 is 1.37. The van der Waals surface area contributed by atoms with E-state index in [9.17, 15) is 14.4 Å². The maximum Gasteiger partial charge on any atom is 0.266 e. The van der Waals surface area contributed by atoms with Crippen LogP contribution in [0.15, 0.2) is 60.7 Å². The number of carbonyl (C=O) groups excluding carboxylic acids is 3. The summed E-state index contributed by atoms with van der Waals surface area (Å²) in [5.74, 6) is -0.486. The second-order valence-electron chi connectivity index (χ2n) is 8.60. The van der Waals surface area contributed by atoms with Crippen molar-refractivity contribution in [2.24, 2.45) is 0 Å². The normalized spacial score (nSPS) is 12.6. The Balaban J connectivity index is 1.39. The fraction of sp³-hybridized carbons (Fsp3) is 0.143. The highest BCUT2D eigenvalue weighted by Crippen LogP contribution is 2.33. The lowest BCUT2D eigenvalue weighted by molar-refractivity contribution is 0.0925. The predicted molar refractivity (Wildman–Crippen MR) is 140 cm³/mol. The van der Waals surface area contributed by atoms with Gasteiger partial charge in [-0.05, 0) is 80.4 Å². The predicted octanol–water partition coefficient (Wildman–Crippen LogP) is 5.80. The van der Waals surface area contributed by atoms with E-state index in [1.165, 1.54) is 28.4 Å². The Morgan fingerprint density at radius 2 is 1.64 bits per heavy atom. The van der Waals surface area contributed by atoms with Crippen LogP contribution in [0.5, 0.6) is 5.75 Å². The highest BCUT2D eigenvalue weighted by atomic mass is 32.1. The quantitative estimate of drug-likeness (QED) is 0.352. The van der Waals surface area contributed by atoms with Gasteiger partial charge in [-0.25, -0.2) is 9.88 Å². The van der Waals surface area contributed by atoms with Crippen LogP contribution in [0.3, 0.4) is 0 Å². The van der Waals surface area contributed by atoms with Crippen LogP contribution in [0.4, 0.5) is 10.8 Å². The van der Waals surface area contributed by atoms with E-state index in [1.807, 2.05) is 63.2 Å². The molecule has 0 unspecified atom stereocenters. The number of nitrogens with one attached hydrogen (secondary N) is 1. The van der Waals surface area contributed by atoms with Crippen molar-refractivity contribution in [2.45, 2.75) is 20.8 Å². The van der Waals surface area contributed by atoms with Crippen molar-refractivity contribution in [3.63, 3.8) is 0 Å². The topological polar surface area (TPSA) is 88.6 Å². The van der Waals surface area contributed by atoms with Crippen molar-refractivity contribution in [2.75, 3.05) is 17.3 Å². The van der Waals surface area contributed by atoms with E-state index in [0.29, 0.717) is 10.8 Å². The average Bonchev–Trinajstić information content (AvgIpc) is 3.36. The Labute approximate surface area is 212 Å². The molecule has 0 saturated heterocycles. The van der Waals surface area contributed by atoms with Gasteiger partial charge in [0.2, 0.25) is 0 Å². The summed E-state index contributed by atoms with van der Waals surface area (Å²) in [5, 5.41) is 3.27. The molecule has 3 aromatic carbocycles. The standard InChI is InChI=1S/C28H23N3O4S/c1-15-5-6-16(2)23(13-15)31-26(33)21-12-9-19(14-22(21)27(31)34)25(32)30-28-29-24(17(3)36-28)18-7-10-20(35-4)11-8-18/h5-14H,1-4H3,(H,29,30,32). The van der Waals surface area contributed by atoms with E-state index in [-0.39, 0.29) is 16.7 Å². The maximum absolute atomic E-state index is 13.2. The van der Waals surface area contributed by atoms with Gasteiger partial charge in [0.1, 0.15) is 5.75 Å². The summed E-state index contributed by atoms with van der Waals surface area (Å²) in [7, 11) is 1.61. The molecule has 0 atom stereocenters. The average molecular weight is 498 g/mol. The van der Waals surface area contributed by atoms with Crippen LogP contribution in [0.1, 0.15) is 47.1 Å². The molecule has 1 N–H and O–H groups in total. The van der Waals surface area contributed by atoms with Crippen LogP contribution in [0, 0.1) is 20.8 Å². The molecule has 7 nitrogen and oxygen atoms in total. The summed E-state index contributed by atoms with van der Waals surface area (Å²) in [6.07, 6.45) is 0. The molecule has 4 aromatic rings. The molecule has 8 heteroatoms. The summed E-state index contributed by atoms with van der Waals surface area (Å²) < 4.78 is 5.21. The first-order valence-electron chi connectivity index (χ1n) is 11.3. The molecule has 2 heterocycles. The minimum absolute atomic E-state index is 0.211. The molecule has 180 valence electrons. The molecule has 3 amide bonds. The van der Waals surface area contributed by atoms with Crippen LogP contribution in [-0.4, -0.2) is 29.8 Å². The third kappa shape index (κ3) is 4.05. The molecular weight excluding hydrogens is 474 g/mol. The van der Waals surface area contributed by atoms with E-state index in [2.05, 4.69) is 10.3 Å². The lowest BCUT2D eigenvalue weighted by Crippen LogP contribution is -2.30. The fourth-order valence-corrected chi connectivity index (χ4v) is 5.03. The minimum atomic E-state index is -0.440. The van der Waals surface area contributed by atoms with E-state index in [1.54, 1.807) is 13.2 Å². The number of anilines is 2. The first-order chi connectivity index (χ1) is 17.3. The third-order valence-corrected chi connectivity index (χ3v) is 7.02. The number of hydrogen-bond acceptors (Lipinski definition) is 6. The van der Waals surface area contributed by atoms with Gasteiger partial charge in [-0.15, -0.1) is 11.3 Å². The largest absolute Gasteiger partial charge is 0.497 e. The van der Waals surface area contributed by atoms with Crippen molar-refractivity contribution in [1.29, 1.82) is 0 Å². The lowest BCUT2D eigenvalue weighted by atomic mass is 10.1. The number of fused-ring (bicyclic) bond motifs is 1. The van der Waals surface area contributed by atoms with Crippen molar-refractivity contribution in [1.82, 2.24) is 4.98 Å². The van der Waals surface area contributed by atoms with Crippen LogP contribution >= 0.6 is 11.3 Å². The minimum Gasteiger partial charge on any atom is -0.497 e. The zero-order chi connectivity index (χ0) is 25.6. The molecule has 1 aliphatic rings. The monoisotopic (exact) mass is 497 g/mol. The number of ether oxygens (including phenoxy) is 1. The van der Waals surface area contributed by atoms with Crippen LogP contribution in [0.2, 0.25) is 0 Å². The SMILES string of the molecule is COc1ccc(-c2nc(NC(=O)c3ccc4c(c3)C(=O)N(c3cc(C)ccc3C)C4=O)sc2C)cc1. The van der Waals surface area contributed by atoms with E-state index < -0.39 is 17.7 Å². The number of aryl methyl sites for hydroxylation is 3. The molecule has 0 radical (unpaired) electrons. The van der Waals surface area contributed by atoms with E-state index in [0.717, 1.165) is 33.0 Å². The van der Waals surface area contributed by atoms with Crippen molar-refractivity contribution < 1.29 is 19.1 Å². The Hall–Kier alpha value is -4.30. The second kappa shape index (κ2) is 9.05. The van der Waals surface area contributed by atoms with Gasteiger partial charge >= 0.3 is 0 Å².